The number of para-hydroxylation sites is 1. The number of aliphatic hydroxyl groups excluding tert-OH is 1. The monoisotopic (exact) mass is 992 g/mol. The van der Waals surface area contributed by atoms with Crippen molar-refractivity contribution >= 4 is 59.0 Å². The predicted octanol–water partition coefficient (Wildman–Crippen LogP) is 1.15. The average Bonchev–Trinajstić information content (AvgIpc) is 3.30. The smallest absolute Gasteiger partial charge is 0.303 e. The lowest BCUT2D eigenvalue weighted by Gasteiger charge is -2.44. The van der Waals surface area contributed by atoms with E-state index < -0.39 is 67.0 Å². The lowest BCUT2D eigenvalue weighted by molar-refractivity contribution is -0.277. The molecular weight excluding hydrogens is 915 g/mol. The van der Waals surface area contributed by atoms with Gasteiger partial charge in [0.05, 0.1) is 13.0 Å². The molecule has 6 N–H and O–H groups in total. The van der Waals surface area contributed by atoms with Crippen LogP contribution in [0, 0.1) is 0 Å². The average molecular weight is 992 g/mol. The van der Waals surface area contributed by atoms with Gasteiger partial charge in [0.2, 0.25) is 35.4 Å². The Morgan fingerprint density at radius 3 is 1.73 bits per heavy atom. The summed E-state index contributed by atoms with van der Waals surface area (Å²) in [4.78, 5) is 115. The number of ether oxygens (including phenoxy) is 5. The fraction of sp³-hybridized carbons (Fsp3) is 0.688. The summed E-state index contributed by atoms with van der Waals surface area (Å²) in [7, 11) is 0. The highest BCUT2D eigenvalue weighted by atomic mass is 16.7. The van der Waals surface area contributed by atoms with Crippen molar-refractivity contribution < 1.29 is 71.9 Å². The summed E-state index contributed by atoms with van der Waals surface area (Å²) in [5.74, 6) is -3.55. The predicted molar refractivity (Wildman–Crippen MR) is 255 cm³/mol. The third kappa shape index (κ3) is 26.2. The van der Waals surface area contributed by atoms with Crippen LogP contribution in [0.1, 0.15) is 112 Å². The molecule has 1 saturated heterocycles. The molecule has 2 unspecified atom stereocenters. The minimum absolute atomic E-state index is 0.0359. The van der Waals surface area contributed by atoms with Gasteiger partial charge in [-0.25, -0.2) is 0 Å². The first-order valence-corrected chi connectivity index (χ1v) is 24.3. The maximum Gasteiger partial charge on any atom is 0.303 e. The van der Waals surface area contributed by atoms with Gasteiger partial charge in [0.15, 0.2) is 18.5 Å². The van der Waals surface area contributed by atoms with Crippen molar-refractivity contribution in [1.82, 2.24) is 31.5 Å². The molecule has 0 bridgehead atoms. The van der Waals surface area contributed by atoms with E-state index in [4.69, 9.17) is 28.8 Å². The Hall–Kier alpha value is -5.87. The van der Waals surface area contributed by atoms with Gasteiger partial charge in [-0.2, -0.15) is 0 Å². The molecular formula is C48H77N7O15. The Kier molecular flexibility index (Phi) is 30.4. The van der Waals surface area contributed by atoms with E-state index in [0.717, 1.165) is 32.4 Å². The molecule has 0 spiro atoms. The number of hydrogen-bond donors (Lipinski definition) is 6. The molecule has 5 atom stereocenters. The highest BCUT2D eigenvalue weighted by molar-refractivity contribution is 5.78. The number of nitrogens with zero attached hydrogens (tertiary/aromatic N) is 2. The minimum atomic E-state index is -1.32. The fourth-order valence-corrected chi connectivity index (χ4v) is 7.44. The Labute approximate surface area is 411 Å². The molecule has 1 aromatic carbocycles. The number of carbonyl (C=O) groups is 9. The molecule has 0 saturated carbocycles. The van der Waals surface area contributed by atoms with E-state index in [2.05, 4.69) is 31.5 Å². The van der Waals surface area contributed by atoms with E-state index in [9.17, 15) is 43.2 Å². The number of hydrogen-bond acceptors (Lipinski definition) is 16. The number of benzene rings is 1. The van der Waals surface area contributed by atoms with E-state index in [1.54, 1.807) is 4.90 Å². The molecule has 0 aromatic heterocycles. The van der Waals surface area contributed by atoms with Crippen LogP contribution in [-0.2, 0) is 66.8 Å². The van der Waals surface area contributed by atoms with Crippen molar-refractivity contribution in [3.8, 4) is 0 Å². The lowest BCUT2D eigenvalue weighted by Crippen LogP contribution is -2.66. The summed E-state index contributed by atoms with van der Waals surface area (Å²) in [5.41, 5.74) is 1.04. The zero-order valence-corrected chi connectivity index (χ0v) is 41.6. The normalized spacial score (nSPS) is 17.3. The van der Waals surface area contributed by atoms with Crippen LogP contribution in [0.4, 0.5) is 5.69 Å². The standard InChI is InChI=1S/C48H77N7O15/c1-6-16-40(61)51-25-13-27-54(38-17-8-7-9-18-38)29-15-30-55(44(65)21-11-24-49-42(63)20-12-31-56)28-14-26-52-41(62)19-10-23-50-43(64)22-32-66-48-45(53-34(2)57)47(69-37(5)60)46(68-36(4)59)39(70-48)33-67-35(3)58/h7-9,17-18,39,45-48,56H,6,10-16,19-33H2,1-5H3,(H,49,63)(H,50,64)(H,51,61)(H,52,62)(H,53,57)/t39?,45?,46-,47+,48+/m0/s1. The molecule has 1 aromatic rings. The molecule has 1 heterocycles. The van der Waals surface area contributed by atoms with Crippen LogP contribution in [0.25, 0.3) is 0 Å². The second-order valence-corrected chi connectivity index (χ2v) is 16.8. The van der Waals surface area contributed by atoms with Crippen LogP contribution in [0.2, 0.25) is 0 Å². The van der Waals surface area contributed by atoms with Gasteiger partial charge in [-0.15, -0.1) is 0 Å². The second kappa shape index (κ2) is 35.3. The van der Waals surface area contributed by atoms with Gasteiger partial charge in [0.25, 0.3) is 0 Å². The van der Waals surface area contributed by atoms with Crippen molar-refractivity contribution in [2.24, 2.45) is 0 Å². The largest absolute Gasteiger partial charge is 0.463 e. The van der Waals surface area contributed by atoms with E-state index in [1.165, 1.54) is 13.8 Å². The summed E-state index contributed by atoms with van der Waals surface area (Å²) in [5, 5.41) is 22.9. The Bertz CT molecular complexity index is 1790. The zero-order chi connectivity index (χ0) is 51.7. The van der Waals surface area contributed by atoms with Crippen LogP contribution in [-0.4, -0.2) is 166 Å². The third-order valence-corrected chi connectivity index (χ3v) is 10.7. The maximum atomic E-state index is 13.5. The van der Waals surface area contributed by atoms with Crippen LogP contribution in [0.5, 0.6) is 0 Å². The van der Waals surface area contributed by atoms with Crippen molar-refractivity contribution in [3.63, 3.8) is 0 Å². The molecule has 1 fully saturated rings. The summed E-state index contributed by atoms with van der Waals surface area (Å²) in [6, 6.07) is 8.77. The zero-order valence-electron chi connectivity index (χ0n) is 41.6. The number of anilines is 1. The van der Waals surface area contributed by atoms with E-state index >= 15 is 0 Å². The minimum Gasteiger partial charge on any atom is -0.463 e. The number of aliphatic hydroxyl groups is 1. The highest BCUT2D eigenvalue weighted by Gasteiger charge is 2.51. The van der Waals surface area contributed by atoms with Crippen molar-refractivity contribution in [2.45, 2.75) is 142 Å². The second-order valence-electron chi connectivity index (χ2n) is 16.8. The van der Waals surface area contributed by atoms with Crippen LogP contribution < -0.4 is 31.5 Å². The molecule has 22 nitrogen and oxygen atoms in total. The van der Waals surface area contributed by atoms with Crippen LogP contribution >= 0.6 is 0 Å². The lowest BCUT2D eigenvalue weighted by atomic mass is 9.96. The third-order valence-electron chi connectivity index (χ3n) is 10.7. The van der Waals surface area contributed by atoms with Gasteiger partial charge in [-0.1, -0.05) is 25.1 Å². The number of esters is 3. The number of amides is 6. The van der Waals surface area contributed by atoms with Gasteiger partial charge in [-0.05, 0) is 57.1 Å². The highest BCUT2D eigenvalue weighted by Crippen LogP contribution is 2.28. The molecule has 6 amide bonds. The van der Waals surface area contributed by atoms with Gasteiger partial charge in [0.1, 0.15) is 18.8 Å². The van der Waals surface area contributed by atoms with Gasteiger partial charge >= 0.3 is 17.9 Å². The Balaban J connectivity index is 1.89. The SMILES string of the molecule is CCCC(=O)NCCCN(CCCN(CCCNC(=O)CCCNC(=O)CCO[C@@H]1OC(COC(C)=O)[C@H](OC(C)=O)[C@H](OC(C)=O)C1NC(C)=O)C(=O)CCCNC(=O)CCCO)c1ccccc1. The fourth-order valence-electron chi connectivity index (χ4n) is 7.44. The van der Waals surface area contributed by atoms with Gasteiger partial charge in [0, 0.05) is 118 Å². The van der Waals surface area contributed by atoms with Gasteiger partial charge in [-0.3, -0.25) is 43.2 Å². The Morgan fingerprint density at radius 2 is 1.14 bits per heavy atom. The first-order valence-electron chi connectivity index (χ1n) is 24.3. The molecule has 2 rings (SSSR count). The molecule has 22 heteroatoms. The summed E-state index contributed by atoms with van der Waals surface area (Å²) in [6.07, 6.45) is -0.316. The summed E-state index contributed by atoms with van der Waals surface area (Å²) in [6.45, 7) is 9.55. The first kappa shape index (κ1) is 60.3. The van der Waals surface area contributed by atoms with E-state index in [0.29, 0.717) is 84.3 Å². The van der Waals surface area contributed by atoms with Crippen LogP contribution in [0.3, 0.4) is 0 Å². The number of rotatable bonds is 35. The molecule has 1 aliphatic rings. The molecule has 70 heavy (non-hydrogen) atoms. The van der Waals surface area contributed by atoms with Crippen LogP contribution in [0.15, 0.2) is 30.3 Å². The summed E-state index contributed by atoms with van der Waals surface area (Å²) < 4.78 is 27.7. The van der Waals surface area contributed by atoms with Gasteiger partial charge < -0.3 is 65.2 Å². The maximum absolute atomic E-state index is 13.5. The first-order chi connectivity index (χ1) is 33.5. The molecule has 0 aliphatic carbocycles. The number of nitrogens with one attached hydrogen (secondary N) is 5. The molecule has 0 radical (unpaired) electrons. The molecule has 394 valence electrons. The topological polar surface area (TPSA) is 287 Å². The van der Waals surface area contributed by atoms with Crippen molar-refractivity contribution in [3.05, 3.63) is 30.3 Å². The molecule has 1 aliphatic heterocycles. The van der Waals surface area contributed by atoms with Crippen molar-refractivity contribution in [1.29, 1.82) is 0 Å². The number of carbonyl (C=O) groups excluding carboxylic acids is 9. The quantitative estimate of drug-likeness (QED) is 0.0316. The van der Waals surface area contributed by atoms with E-state index in [-0.39, 0.29) is 69.1 Å². The Morgan fingerprint density at radius 1 is 0.614 bits per heavy atom. The van der Waals surface area contributed by atoms with Crippen molar-refractivity contribution in [2.75, 3.05) is 77.1 Å². The summed E-state index contributed by atoms with van der Waals surface area (Å²) >= 11 is 0. The van der Waals surface area contributed by atoms with E-state index in [1.807, 2.05) is 37.3 Å².